The molecule has 0 aliphatic carbocycles. The van der Waals surface area contributed by atoms with Gasteiger partial charge in [0.15, 0.2) is 0 Å². The van der Waals surface area contributed by atoms with Gasteiger partial charge in [0.05, 0.1) is 19.7 Å². The van der Waals surface area contributed by atoms with Crippen LogP contribution in [0, 0.1) is 40.5 Å². The maximum absolute atomic E-state index is 10.9. The monoisotopic (exact) mass is 608 g/mol. The summed E-state index contributed by atoms with van der Waals surface area (Å²) in [5.74, 6) is 1.25. The number of nitrogens with one attached hydrogen (secondary N) is 2. The number of nitro groups is 4. The van der Waals surface area contributed by atoms with Crippen LogP contribution < -0.4 is 31.6 Å². The molecule has 0 saturated carbocycles. The van der Waals surface area contributed by atoms with Crippen LogP contribution in [0.5, 0.6) is 23.0 Å². The molecule has 0 aliphatic heterocycles. The highest BCUT2D eigenvalue weighted by molar-refractivity contribution is 5.66. The van der Waals surface area contributed by atoms with Crippen molar-refractivity contribution in [2.75, 3.05) is 36.2 Å². The maximum Gasteiger partial charge on any atom is 0.292 e. The highest BCUT2D eigenvalue weighted by Gasteiger charge is 2.17. The lowest BCUT2D eigenvalue weighted by Crippen LogP contribution is -1.98. The highest BCUT2D eigenvalue weighted by Crippen LogP contribution is 2.35. The number of nitrogens with zero attached hydrogens (tertiary/aromatic N) is 4. The molecule has 228 valence electrons. The molecule has 0 bridgehead atoms. The van der Waals surface area contributed by atoms with Crippen LogP contribution in [0.1, 0.15) is 0 Å². The zero-order valence-electron chi connectivity index (χ0n) is 23.0. The average molecular weight is 609 g/mol. The summed E-state index contributed by atoms with van der Waals surface area (Å²) in [7, 11) is 3.13. The lowest BCUT2D eigenvalue weighted by Gasteiger charge is -2.10. The molecule has 4 rings (SSSR count). The summed E-state index contributed by atoms with van der Waals surface area (Å²) >= 11 is 0. The Hall–Kier alpha value is -6.72. The van der Waals surface area contributed by atoms with Gasteiger partial charge in [-0.3, -0.25) is 40.5 Å². The van der Waals surface area contributed by atoms with Crippen molar-refractivity contribution in [2.24, 2.45) is 0 Å². The van der Waals surface area contributed by atoms with Gasteiger partial charge in [0, 0.05) is 62.6 Å². The van der Waals surface area contributed by atoms with Crippen molar-refractivity contribution >= 4 is 45.5 Å². The Morgan fingerprint density at radius 1 is 0.500 bits per heavy atom. The van der Waals surface area contributed by atoms with Gasteiger partial charge in [0.1, 0.15) is 45.7 Å². The van der Waals surface area contributed by atoms with E-state index in [-0.39, 0.29) is 45.6 Å². The lowest BCUT2D eigenvalue weighted by atomic mass is 10.2. The molecule has 18 nitrogen and oxygen atoms in total. The van der Waals surface area contributed by atoms with Crippen LogP contribution in [0.3, 0.4) is 0 Å². The summed E-state index contributed by atoms with van der Waals surface area (Å²) in [6, 6.07) is 16.3. The molecule has 4 aromatic carbocycles. The molecule has 4 aromatic rings. The molecule has 0 radical (unpaired) electrons. The molecule has 0 heterocycles. The zero-order chi connectivity index (χ0) is 32.6. The van der Waals surface area contributed by atoms with E-state index in [0.717, 1.165) is 0 Å². The van der Waals surface area contributed by atoms with E-state index in [1.165, 1.54) is 72.8 Å². The van der Waals surface area contributed by atoms with E-state index in [9.17, 15) is 40.5 Å². The molecular weight excluding hydrogens is 584 g/mol. The minimum Gasteiger partial charge on any atom is -0.457 e. The molecule has 0 spiro atoms. The largest absolute Gasteiger partial charge is 0.457 e. The minimum absolute atomic E-state index is 0.0487. The van der Waals surface area contributed by atoms with Crippen LogP contribution in [0.4, 0.5) is 45.5 Å². The fourth-order valence-corrected chi connectivity index (χ4v) is 3.67. The van der Waals surface area contributed by atoms with Crippen LogP contribution in [0.2, 0.25) is 0 Å². The molecule has 0 amide bonds. The second kappa shape index (κ2) is 13.8. The number of benzene rings is 4. The summed E-state index contributed by atoms with van der Waals surface area (Å²) in [5.41, 5.74) is 11.0. The van der Waals surface area contributed by atoms with Crippen molar-refractivity contribution in [2.45, 2.75) is 0 Å². The summed E-state index contributed by atoms with van der Waals surface area (Å²) in [4.78, 5) is 40.8. The lowest BCUT2D eigenvalue weighted by molar-refractivity contribution is -0.384. The Morgan fingerprint density at radius 3 is 1.02 bits per heavy atom. The third-order valence-electron chi connectivity index (χ3n) is 5.73. The number of nitro benzene ring substituents is 4. The fraction of sp³-hybridized carbons (Fsp3) is 0.0769. The van der Waals surface area contributed by atoms with Crippen molar-refractivity contribution in [3.8, 4) is 23.0 Å². The predicted octanol–water partition coefficient (Wildman–Crippen LogP) is 5.84. The standard InChI is InChI=1S/C14H14N4O5.C12H10N4O5/c1-15-11-7-9(3-5-13(11)17(19)20)23-10-4-6-14(18(21)22)12(8-10)16-2;13-9-5-7(1-3-11(9)15(17)18)21-8-2-4-12(16(19)20)10(14)6-8/h3-8,15-16H,1-2H3;1-6H,13-14H2. The maximum atomic E-state index is 10.9. The number of ether oxygens (including phenoxy) is 2. The van der Waals surface area contributed by atoms with Crippen molar-refractivity contribution < 1.29 is 29.2 Å². The Balaban J connectivity index is 0.000000241. The normalized spacial score (nSPS) is 10.0. The first kappa shape index (κ1) is 31.8. The molecule has 6 N–H and O–H groups in total. The topological polar surface area (TPSA) is 267 Å². The summed E-state index contributed by atoms with van der Waals surface area (Å²) < 4.78 is 11.0. The fourth-order valence-electron chi connectivity index (χ4n) is 3.67. The van der Waals surface area contributed by atoms with Gasteiger partial charge >= 0.3 is 0 Å². The molecular formula is C26H24N8O10. The molecule has 0 saturated heterocycles. The quantitative estimate of drug-likeness (QED) is 0.0935. The van der Waals surface area contributed by atoms with Crippen LogP contribution >= 0.6 is 0 Å². The van der Waals surface area contributed by atoms with Crippen LogP contribution in [0.15, 0.2) is 72.8 Å². The first-order chi connectivity index (χ1) is 20.8. The van der Waals surface area contributed by atoms with E-state index in [4.69, 9.17) is 20.9 Å². The summed E-state index contributed by atoms with van der Waals surface area (Å²) in [6.45, 7) is 0. The van der Waals surface area contributed by atoms with Crippen molar-refractivity contribution in [1.82, 2.24) is 0 Å². The van der Waals surface area contributed by atoms with Gasteiger partial charge < -0.3 is 31.6 Å². The number of anilines is 4. The first-order valence-corrected chi connectivity index (χ1v) is 12.2. The smallest absolute Gasteiger partial charge is 0.292 e. The number of hydrogen-bond acceptors (Lipinski definition) is 14. The van der Waals surface area contributed by atoms with E-state index in [1.807, 2.05) is 0 Å². The van der Waals surface area contributed by atoms with Crippen molar-refractivity contribution in [1.29, 1.82) is 0 Å². The first-order valence-electron chi connectivity index (χ1n) is 12.2. The third kappa shape index (κ3) is 7.72. The summed E-state index contributed by atoms with van der Waals surface area (Å²) in [5, 5.41) is 48.5. The van der Waals surface area contributed by atoms with E-state index >= 15 is 0 Å². The SMILES string of the molecule is CNc1cc(Oc2ccc([N+](=O)[O-])c(NC)c2)ccc1[N+](=O)[O-].Nc1cc(Oc2ccc([N+](=O)[O-])c(N)c2)ccc1[N+](=O)[O-]. The molecule has 0 atom stereocenters. The Morgan fingerprint density at radius 2 is 0.773 bits per heavy atom. The Bertz CT molecular complexity index is 1620. The van der Waals surface area contributed by atoms with Gasteiger partial charge in [0.25, 0.3) is 22.7 Å². The number of nitrogen functional groups attached to an aromatic ring is 2. The molecule has 18 heteroatoms. The number of nitrogens with two attached hydrogens (primary N) is 2. The Kier molecular flexibility index (Phi) is 9.95. The minimum atomic E-state index is -0.608. The van der Waals surface area contributed by atoms with E-state index in [2.05, 4.69) is 10.6 Å². The Labute approximate surface area is 247 Å². The van der Waals surface area contributed by atoms with Crippen LogP contribution in [0.25, 0.3) is 0 Å². The predicted molar refractivity (Wildman–Crippen MR) is 160 cm³/mol. The van der Waals surface area contributed by atoms with Crippen LogP contribution in [-0.4, -0.2) is 33.8 Å². The van der Waals surface area contributed by atoms with Gasteiger partial charge in [-0.25, -0.2) is 0 Å². The zero-order valence-corrected chi connectivity index (χ0v) is 23.0. The molecule has 0 unspecified atom stereocenters. The van der Waals surface area contributed by atoms with Gasteiger partial charge in [0.2, 0.25) is 0 Å². The van der Waals surface area contributed by atoms with Gasteiger partial charge in [-0.15, -0.1) is 0 Å². The van der Waals surface area contributed by atoms with Gasteiger partial charge in [-0.2, -0.15) is 0 Å². The van der Waals surface area contributed by atoms with E-state index < -0.39 is 19.7 Å². The highest BCUT2D eigenvalue weighted by atomic mass is 16.6. The third-order valence-corrected chi connectivity index (χ3v) is 5.73. The molecule has 0 aliphatic rings. The molecule has 0 fully saturated rings. The van der Waals surface area contributed by atoms with Gasteiger partial charge in [-0.1, -0.05) is 0 Å². The number of hydrogen-bond donors (Lipinski definition) is 4. The van der Waals surface area contributed by atoms with E-state index in [1.54, 1.807) is 14.1 Å². The van der Waals surface area contributed by atoms with Crippen molar-refractivity contribution in [3.05, 3.63) is 113 Å². The molecule has 44 heavy (non-hydrogen) atoms. The number of rotatable bonds is 10. The average Bonchev–Trinajstić information content (AvgIpc) is 2.96. The summed E-state index contributed by atoms with van der Waals surface area (Å²) in [6.07, 6.45) is 0. The van der Waals surface area contributed by atoms with E-state index in [0.29, 0.717) is 22.9 Å². The second-order valence-corrected chi connectivity index (χ2v) is 8.53. The second-order valence-electron chi connectivity index (χ2n) is 8.53. The van der Waals surface area contributed by atoms with Gasteiger partial charge in [-0.05, 0) is 24.3 Å². The van der Waals surface area contributed by atoms with Crippen LogP contribution in [-0.2, 0) is 0 Å². The molecule has 0 aromatic heterocycles. The van der Waals surface area contributed by atoms with Crippen molar-refractivity contribution in [3.63, 3.8) is 0 Å².